The van der Waals surface area contributed by atoms with Crippen molar-refractivity contribution in [2.45, 2.75) is 6.92 Å². The van der Waals surface area contributed by atoms with Crippen molar-refractivity contribution in [1.82, 2.24) is 0 Å². The molecule has 3 aromatic carbocycles. The second kappa shape index (κ2) is 6.96. The first kappa shape index (κ1) is 16.4. The molecule has 3 rings (SSSR count). The van der Waals surface area contributed by atoms with Crippen LogP contribution in [0.3, 0.4) is 0 Å². The van der Waals surface area contributed by atoms with E-state index in [2.05, 4.69) is 10.2 Å². The van der Waals surface area contributed by atoms with Crippen molar-refractivity contribution in [2.75, 3.05) is 6.61 Å². The predicted octanol–water partition coefficient (Wildman–Crippen LogP) is 5.27. The van der Waals surface area contributed by atoms with Gasteiger partial charge in [0.15, 0.2) is 5.75 Å². The summed E-state index contributed by atoms with van der Waals surface area (Å²) in [6.07, 6.45) is 0. The van der Waals surface area contributed by atoms with E-state index in [1.54, 1.807) is 19.1 Å². The van der Waals surface area contributed by atoms with E-state index in [-0.39, 0.29) is 17.2 Å². The molecule has 0 atom stereocenters. The third-order valence-corrected chi connectivity index (χ3v) is 3.58. The van der Waals surface area contributed by atoms with Crippen molar-refractivity contribution in [3.05, 3.63) is 64.7 Å². The zero-order chi connectivity index (χ0) is 17.8. The Kier molecular flexibility index (Phi) is 4.56. The Labute approximate surface area is 143 Å². The van der Waals surface area contributed by atoms with Crippen molar-refractivity contribution in [1.29, 1.82) is 0 Å². The number of phenolic OH excluding ortho intramolecular Hbond substituents is 1. The summed E-state index contributed by atoms with van der Waals surface area (Å²) in [6.45, 7) is 2.04. The zero-order valence-electron chi connectivity index (χ0n) is 13.4. The molecule has 0 radical (unpaired) electrons. The van der Waals surface area contributed by atoms with Crippen LogP contribution in [0.4, 0.5) is 17.1 Å². The lowest BCUT2D eigenvalue weighted by Gasteiger charge is -2.05. The molecule has 0 saturated carbocycles. The molecule has 7 heteroatoms. The number of hydrogen-bond donors (Lipinski definition) is 1. The molecule has 0 unspecified atom stereocenters. The lowest BCUT2D eigenvalue weighted by Crippen LogP contribution is -1.96. The molecule has 0 aliphatic carbocycles. The maximum Gasteiger partial charge on any atom is 0.311 e. The summed E-state index contributed by atoms with van der Waals surface area (Å²) in [7, 11) is 0. The van der Waals surface area contributed by atoms with Gasteiger partial charge >= 0.3 is 5.69 Å². The van der Waals surface area contributed by atoms with Crippen molar-refractivity contribution in [3.63, 3.8) is 0 Å². The van der Waals surface area contributed by atoms with Crippen molar-refractivity contribution < 1.29 is 14.8 Å². The Morgan fingerprint density at radius 2 is 1.92 bits per heavy atom. The van der Waals surface area contributed by atoms with E-state index in [1.165, 1.54) is 18.2 Å². The molecule has 0 spiro atoms. The summed E-state index contributed by atoms with van der Waals surface area (Å²) in [5, 5.41) is 31.0. The average molecular weight is 337 g/mol. The lowest BCUT2D eigenvalue weighted by atomic mass is 10.1. The number of ether oxygens (including phenoxy) is 1. The molecule has 0 fully saturated rings. The van der Waals surface area contributed by atoms with Crippen molar-refractivity contribution in [2.24, 2.45) is 10.2 Å². The molecule has 0 amide bonds. The first-order chi connectivity index (χ1) is 12.1. The van der Waals surface area contributed by atoms with E-state index >= 15 is 0 Å². The molecule has 7 nitrogen and oxygen atoms in total. The molecule has 0 heterocycles. The molecule has 0 aromatic heterocycles. The van der Waals surface area contributed by atoms with E-state index in [4.69, 9.17) is 4.74 Å². The van der Waals surface area contributed by atoms with Gasteiger partial charge in [-0.1, -0.05) is 30.3 Å². The summed E-state index contributed by atoms with van der Waals surface area (Å²) in [5.41, 5.74) is 0.601. The highest BCUT2D eigenvalue weighted by Crippen LogP contribution is 2.37. The highest BCUT2D eigenvalue weighted by Gasteiger charge is 2.15. The minimum Gasteiger partial charge on any atom is -0.506 e. The van der Waals surface area contributed by atoms with E-state index in [0.29, 0.717) is 18.0 Å². The minimum absolute atomic E-state index is 0.00870. The van der Waals surface area contributed by atoms with Crippen LogP contribution in [0.1, 0.15) is 6.92 Å². The summed E-state index contributed by atoms with van der Waals surface area (Å²) in [6, 6.07) is 15.1. The number of benzene rings is 3. The second-order valence-electron chi connectivity index (χ2n) is 5.20. The smallest absolute Gasteiger partial charge is 0.311 e. The second-order valence-corrected chi connectivity index (χ2v) is 5.20. The standard InChI is InChI=1S/C18H15N3O4/c1-2-25-17-11-13(8-9-15(17)21(23)24)19-20-18-14-6-4-3-5-12(14)7-10-16(18)22/h3-11,22H,2H2,1H3. The van der Waals surface area contributed by atoms with Crippen molar-refractivity contribution >= 4 is 27.8 Å². The van der Waals surface area contributed by atoms with Gasteiger partial charge in [0.05, 0.1) is 17.2 Å². The third-order valence-electron chi connectivity index (χ3n) is 3.58. The number of fused-ring (bicyclic) bond motifs is 1. The van der Waals surface area contributed by atoms with Crippen molar-refractivity contribution in [3.8, 4) is 11.5 Å². The largest absolute Gasteiger partial charge is 0.506 e. The number of nitro groups is 1. The topological polar surface area (TPSA) is 97.3 Å². The summed E-state index contributed by atoms with van der Waals surface area (Å²) >= 11 is 0. The summed E-state index contributed by atoms with van der Waals surface area (Å²) < 4.78 is 5.29. The third kappa shape index (κ3) is 3.40. The Bertz CT molecular complexity index is 970. The number of azo groups is 1. The molecular weight excluding hydrogens is 322 g/mol. The Morgan fingerprint density at radius 3 is 2.68 bits per heavy atom. The Balaban J connectivity index is 2.01. The SMILES string of the molecule is CCOc1cc(N=Nc2c(O)ccc3ccccc23)ccc1[N+](=O)[O-]. The monoisotopic (exact) mass is 337 g/mol. The van der Waals surface area contributed by atoms with Crippen LogP contribution in [0, 0.1) is 10.1 Å². The molecule has 126 valence electrons. The Hall–Kier alpha value is -3.48. The van der Waals surface area contributed by atoms with Crippen LogP contribution in [-0.2, 0) is 0 Å². The molecule has 0 aliphatic heterocycles. The van der Waals surface area contributed by atoms with Gasteiger partial charge in [-0.25, -0.2) is 0 Å². The van der Waals surface area contributed by atoms with E-state index in [0.717, 1.165) is 10.8 Å². The number of phenols is 1. The number of nitrogens with zero attached hydrogens (tertiary/aromatic N) is 3. The van der Waals surface area contributed by atoms with Gasteiger partial charge in [0.2, 0.25) is 0 Å². The molecule has 0 bridgehead atoms. The van der Waals surface area contributed by atoms with Gasteiger partial charge in [-0.2, -0.15) is 5.11 Å². The number of hydrogen-bond acceptors (Lipinski definition) is 6. The predicted molar refractivity (Wildman–Crippen MR) is 94.1 cm³/mol. The molecule has 3 aromatic rings. The van der Waals surface area contributed by atoms with Crippen LogP contribution >= 0.6 is 0 Å². The fraction of sp³-hybridized carbons (Fsp3) is 0.111. The highest BCUT2D eigenvalue weighted by atomic mass is 16.6. The zero-order valence-corrected chi connectivity index (χ0v) is 13.4. The maximum atomic E-state index is 11.0. The molecular formula is C18H15N3O4. The number of aromatic hydroxyl groups is 1. The fourth-order valence-electron chi connectivity index (χ4n) is 2.44. The molecule has 1 N–H and O–H groups in total. The molecule has 0 saturated heterocycles. The molecule has 0 aliphatic rings. The van der Waals surface area contributed by atoms with Crippen LogP contribution < -0.4 is 4.74 Å². The van der Waals surface area contributed by atoms with Crippen LogP contribution in [-0.4, -0.2) is 16.6 Å². The Morgan fingerprint density at radius 1 is 1.12 bits per heavy atom. The average Bonchev–Trinajstić information content (AvgIpc) is 2.61. The fourth-order valence-corrected chi connectivity index (χ4v) is 2.44. The normalized spacial score (nSPS) is 11.1. The van der Waals surface area contributed by atoms with Gasteiger partial charge in [-0.15, -0.1) is 5.11 Å². The summed E-state index contributed by atoms with van der Waals surface area (Å²) in [4.78, 5) is 10.5. The van der Waals surface area contributed by atoms with Crippen LogP contribution in [0.25, 0.3) is 10.8 Å². The lowest BCUT2D eigenvalue weighted by molar-refractivity contribution is -0.385. The van der Waals surface area contributed by atoms with Gasteiger partial charge in [0, 0.05) is 17.5 Å². The van der Waals surface area contributed by atoms with E-state index in [9.17, 15) is 15.2 Å². The van der Waals surface area contributed by atoms with Gasteiger partial charge in [0.1, 0.15) is 11.4 Å². The van der Waals surface area contributed by atoms with Crippen LogP contribution in [0.2, 0.25) is 0 Å². The maximum absolute atomic E-state index is 11.0. The van der Waals surface area contributed by atoms with Gasteiger partial charge < -0.3 is 9.84 Å². The minimum atomic E-state index is -0.511. The van der Waals surface area contributed by atoms with Gasteiger partial charge in [0.25, 0.3) is 0 Å². The first-order valence-corrected chi connectivity index (χ1v) is 7.64. The van der Waals surface area contributed by atoms with Crippen LogP contribution in [0.5, 0.6) is 11.5 Å². The number of rotatable bonds is 5. The summed E-state index contributed by atoms with van der Waals surface area (Å²) in [5.74, 6) is 0.139. The quantitative estimate of drug-likeness (QED) is 0.389. The van der Waals surface area contributed by atoms with E-state index < -0.39 is 4.92 Å². The van der Waals surface area contributed by atoms with Gasteiger partial charge in [-0.05, 0) is 24.4 Å². The number of nitro benzene ring substituents is 1. The molecule has 25 heavy (non-hydrogen) atoms. The van der Waals surface area contributed by atoms with Gasteiger partial charge in [-0.3, -0.25) is 10.1 Å². The first-order valence-electron chi connectivity index (χ1n) is 7.64. The highest BCUT2D eigenvalue weighted by molar-refractivity contribution is 5.95. The van der Waals surface area contributed by atoms with Crippen LogP contribution in [0.15, 0.2) is 64.8 Å². The van der Waals surface area contributed by atoms with E-state index in [1.807, 2.05) is 24.3 Å².